The molecule has 0 fully saturated rings. The topological polar surface area (TPSA) is 84.5 Å². The summed E-state index contributed by atoms with van der Waals surface area (Å²) in [4.78, 5) is 35.2. The summed E-state index contributed by atoms with van der Waals surface area (Å²) in [6.07, 6.45) is 0. The third-order valence-corrected chi connectivity index (χ3v) is 3.98. The van der Waals surface area contributed by atoms with E-state index in [-0.39, 0.29) is 21.5 Å². The highest BCUT2D eigenvalue weighted by Gasteiger charge is 2.15. The highest BCUT2D eigenvalue weighted by Crippen LogP contribution is 2.25. The van der Waals surface area contributed by atoms with Crippen molar-refractivity contribution in [3.8, 4) is 0 Å². The van der Waals surface area contributed by atoms with Gasteiger partial charge in [-0.1, -0.05) is 29.3 Å². The predicted molar refractivity (Wildman–Crippen MR) is 95.2 cm³/mol. The third-order valence-electron chi connectivity index (χ3n) is 3.16. The van der Waals surface area contributed by atoms with E-state index in [1.807, 2.05) is 0 Å². The fourth-order valence-electron chi connectivity index (χ4n) is 1.92. The lowest BCUT2D eigenvalue weighted by Gasteiger charge is -2.08. The molecule has 0 unspecified atom stereocenters. The van der Waals surface area contributed by atoms with Gasteiger partial charge in [-0.05, 0) is 36.4 Å². The second kappa shape index (κ2) is 8.50. The highest BCUT2D eigenvalue weighted by atomic mass is 35.5. The van der Waals surface area contributed by atoms with Crippen molar-refractivity contribution in [1.29, 1.82) is 0 Å². The van der Waals surface area contributed by atoms with Crippen molar-refractivity contribution in [1.82, 2.24) is 5.32 Å². The Bertz CT molecular complexity index is 807. The molecule has 0 atom stereocenters. The molecular formula is C17H14Cl2N2O4. The van der Waals surface area contributed by atoms with Gasteiger partial charge in [0.1, 0.15) is 0 Å². The zero-order chi connectivity index (χ0) is 18.4. The average Bonchev–Trinajstić information content (AvgIpc) is 2.62. The number of ether oxygens (including phenoxy) is 1. The summed E-state index contributed by atoms with van der Waals surface area (Å²) in [5, 5.41) is 5.33. The SMILES string of the molecule is CNC(=O)c1ccc(NC(=O)COC(=O)c2cccc(Cl)c2Cl)cc1. The van der Waals surface area contributed by atoms with Gasteiger partial charge >= 0.3 is 5.97 Å². The Kier molecular flexibility index (Phi) is 6.38. The van der Waals surface area contributed by atoms with Crippen molar-refractivity contribution in [3.05, 3.63) is 63.6 Å². The first-order valence-corrected chi connectivity index (χ1v) is 7.91. The van der Waals surface area contributed by atoms with Crippen molar-refractivity contribution < 1.29 is 19.1 Å². The molecule has 0 saturated heterocycles. The first-order valence-electron chi connectivity index (χ1n) is 7.15. The molecule has 2 aromatic carbocycles. The number of carbonyl (C=O) groups excluding carboxylic acids is 3. The number of carbonyl (C=O) groups is 3. The molecule has 0 heterocycles. The standard InChI is InChI=1S/C17H14Cl2N2O4/c1-20-16(23)10-5-7-11(8-6-10)21-14(22)9-25-17(24)12-3-2-4-13(18)15(12)19/h2-8H,9H2,1H3,(H,20,23)(H,21,22). The van der Waals surface area contributed by atoms with E-state index in [4.69, 9.17) is 27.9 Å². The summed E-state index contributed by atoms with van der Waals surface area (Å²) in [5.74, 6) is -1.51. The van der Waals surface area contributed by atoms with Gasteiger partial charge in [-0.2, -0.15) is 0 Å². The third kappa shape index (κ3) is 4.95. The molecule has 6 nitrogen and oxygen atoms in total. The van der Waals surface area contributed by atoms with Crippen LogP contribution in [-0.4, -0.2) is 31.4 Å². The molecule has 2 aromatic rings. The van der Waals surface area contributed by atoms with Gasteiger partial charge < -0.3 is 15.4 Å². The van der Waals surface area contributed by atoms with Crippen LogP contribution >= 0.6 is 23.2 Å². The number of nitrogens with one attached hydrogen (secondary N) is 2. The maximum absolute atomic E-state index is 11.9. The molecule has 130 valence electrons. The van der Waals surface area contributed by atoms with E-state index >= 15 is 0 Å². The number of rotatable bonds is 5. The van der Waals surface area contributed by atoms with Gasteiger partial charge in [0, 0.05) is 18.3 Å². The van der Waals surface area contributed by atoms with E-state index < -0.39 is 18.5 Å². The van der Waals surface area contributed by atoms with Crippen molar-refractivity contribution in [2.75, 3.05) is 19.0 Å². The largest absolute Gasteiger partial charge is 0.452 e. The number of amides is 2. The lowest BCUT2D eigenvalue weighted by molar-refractivity contribution is -0.119. The molecule has 0 aliphatic rings. The summed E-state index contributed by atoms with van der Waals surface area (Å²) in [7, 11) is 1.53. The van der Waals surface area contributed by atoms with Crippen LogP contribution in [0.3, 0.4) is 0 Å². The van der Waals surface area contributed by atoms with E-state index in [1.165, 1.54) is 19.2 Å². The molecule has 0 aliphatic carbocycles. The average molecular weight is 381 g/mol. The Hall–Kier alpha value is -2.57. The van der Waals surface area contributed by atoms with Gasteiger partial charge in [0.2, 0.25) is 0 Å². The molecule has 25 heavy (non-hydrogen) atoms. The van der Waals surface area contributed by atoms with E-state index in [9.17, 15) is 14.4 Å². The summed E-state index contributed by atoms with van der Waals surface area (Å²) in [6, 6.07) is 10.8. The molecule has 2 N–H and O–H groups in total. The minimum Gasteiger partial charge on any atom is -0.452 e. The molecular weight excluding hydrogens is 367 g/mol. The first-order chi connectivity index (χ1) is 11.9. The molecule has 0 radical (unpaired) electrons. The minimum absolute atomic E-state index is 0.0689. The van der Waals surface area contributed by atoms with Crippen molar-refractivity contribution in [3.63, 3.8) is 0 Å². The molecule has 0 aliphatic heterocycles. The maximum atomic E-state index is 11.9. The molecule has 8 heteroatoms. The number of hydrogen-bond donors (Lipinski definition) is 2. The Labute approximate surface area is 154 Å². The molecule has 0 bridgehead atoms. The fourth-order valence-corrected chi connectivity index (χ4v) is 2.29. The lowest BCUT2D eigenvalue weighted by atomic mass is 10.2. The van der Waals surface area contributed by atoms with Gasteiger partial charge in [0.15, 0.2) is 6.61 Å². The second-order valence-corrected chi connectivity index (χ2v) is 5.67. The number of halogens is 2. The Morgan fingerprint density at radius 3 is 2.36 bits per heavy atom. The van der Waals surface area contributed by atoms with E-state index in [0.29, 0.717) is 11.3 Å². The van der Waals surface area contributed by atoms with Gasteiger partial charge in [-0.15, -0.1) is 0 Å². The fraction of sp³-hybridized carbons (Fsp3) is 0.118. The normalized spacial score (nSPS) is 10.0. The highest BCUT2D eigenvalue weighted by molar-refractivity contribution is 6.43. The second-order valence-electron chi connectivity index (χ2n) is 4.88. The minimum atomic E-state index is -0.752. The summed E-state index contributed by atoms with van der Waals surface area (Å²) in [5.41, 5.74) is 1.01. The van der Waals surface area contributed by atoms with Crippen LogP contribution in [0.4, 0.5) is 5.69 Å². The van der Waals surface area contributed by atoms with Crippen LogP contribution in [0, 0.1) is 0 Å². The monoisotopic (exact) mass is 380 g/mol. The summed E-state index contributed by atoms with van der Waals surface area (Å²) >= 11 is 11.7. The van der Waals surface area contributed by atoms with Gasteiger partial charge in [0.05, 0.1) is 15.6 Å². The first kappa shape index (κ1) is 18.8. The molecule has 2 amide bonds. The van der Waals surface area contributed by atoms with Crippen LogP contribution in [0.15, 0.2) is 42.5 Å². The van der Waals surface area contributed by atoms with Crippen LogP contribution in [0.1, 0.15) is 20.7 Å². The Morgan fingerprint density at radius 2 is 1.72 bits per heavy atom. The smallest absolute Gasteiger partial charge is 0.340 e. The van der Waals surface area contributed by atoms with Crippen LogP contribution < -0.4 is 10.6 Å². The zero-order valence-electron chi connectivity index (χ0n) is 13.1. The van der Waals surface area contributed by atoms with E-state index in [1.54, 1.807) is 30.3 Å². The summed E-state index contributed by atoms with van der Waals surface area (Å²) < 4.78 is 4.92. The van der Waals surface area contributed by atoms with Gasteiger partial charge in [-0.3, -0.25) is 9.59 Å². The van der Waals surface area contributed by atoms with Crippen LogP contribution in [0.5, 0.6) is 0 Å². The zero-order valence-corrected chi connectivity index (χ0v) is 14.6. The van der Waals surface area contributed by atoms with Crippen molar-refractivity contribution >= 4 is 46.7 Å². The number of hydrogen-bond acceptors (Lipinski definition) is 4. The lowest BCUT2D eigenvalue weighted by Crippen LogP contribution is -2.21. The van der Waals surface area contributed by atoms with Crippen molar-refractivity contribution in [2.24, 2.45) is 0 Å². The molecule has 0 spiro atoms. The van der Waals surface area contributed by atoms with E-state index in [0.717, 1.165) is 0 Å². The van der Waals surface area contributed by atoms with Gasteiger partial charge in [-0.25, -0.2) is 4.79 Å². The number of anilines is 1. The Balaban J connectivity index is 1.91. The molecule has 0 aromatic heterocycles. The quantitative estimate of drug-likeness (QED) is 0.780. The maximum Gasteiger partial charge on any atom is 0.340 e. The molecule has 0 saturated carbocycles. The van der Waals surface area contributed by atoms with E-state index in [2.05, 4.69) is 10.6 Å². The number of benzene rings is 2. The Morgan fingerprint density at radius 1 is 1.04 bits per heavy atom. The van der Waals surface area contributed by atoms with Crippen molar-refractivity contribution in [2.45, 2.75) is 0 Å². The van der Waals surface area contributed by atoms with Crippen LogP contribution in [0.25, 0.3) is 0 Å². The summed E-state index contributed by atoms with van der Waals surface area (Å²) in [6.45, 7) is -0.487. The van der Waals surface area contributed by atoms with Crippen LogP contribution in [-0.2, 0) is 9.53 Å². The predicted octanol–water partition coefficient (Wildman–Crippen LogP) is 3.15. The number of esters is 1. The van der Waals surface area contributed by atoms with Gasteiger partial charge in [0.25, 0.3) is 11.8 Å². The van der Waals surface area contributed by atoms with Crippen LogP contribution in [0.2, 0.25) is 10.0 Å². The molecule has 2 rings (SSSR count).